The number of hydrogen-bond acceptors (Lipinski definition) is 1. The second-order valence-corrected chi connectivity index (χ2v) is 34.6. The van der Waals surface area contributed by atoms with Crippen LogP contribution in [-0.2, 0) is 48.7 Å². The van der Waals surface area contributed by atoms with Crippen LogP contribution in [0.25, 0.3) is 21.8 Å². The Morgan fingerprint density at radius 3 is 1.45 bits per heavy atom. The molecular formula is C95H122N2. The van der Waals surface area contributed by atoms with E-state index in [2.05, 4.69) is 214 Å². The molecule has 0 aliphatic heterocycles. The van der Waals surface area contributed by atoms with E-state index in [4.69, 9.17) is 20.6 Å². The second kappa shape index (κ2) is 27.0. The molecule has 0 atom stereocenters. The van der Waals surface area contributed by atoms with Crippen molar-refractivity contribution in [1.82, 2.24) is 4.57 Å². The first-order valence-electron chi connectivity index (χ1n) is 42.8. The molecule has 3 aliphatic rings. The number of para-hydroxylation sites is 3. The van der Waals surface area contributed by atoms with Gasteiger partial charge >= 0.3 is 0 Å². The van der Waals surface area contributed by atoms with Crippen molar-refractivity contribution in [3.8, 4) is 0 Å². The molecule has 0 bridgehead atoms. The molecule has 3 aliphatic carbocycles. The maximum absolute atomic E-state index is 9.08. The molecule has 13 rings (SSSR count). The van der Waals surface area contributed by atoms with Crippen LogP contribution in [0, 0.1) is 20.8 Å². The number of rotatable bonds is 4. The molecule has 2 nitrogen and oxygen atoms in total. The fraction of sp³-hybridized carbons (Fsp3) is 0.432. The Morgan fingerprint density at radius 1 is 0.402 bits per heavy atom. The summed E-state index contributed by atoms with van der Waals surface area (Å²) in [6.07, 6.45) is 2.24. The maximum Gasteiger partial charge on any atom is 0.0648 e. The number of fused-ring (bicyclic) bond motifs is 8. The van der Waals surface area contributed by atoms with E-state index >= 15 is 0 Å². The van der Waals surface area contributed by atoms with Gasteiger partial charge in [0.25, 0.3) is 0 Å². The molecule has 2 heteroatoms. The molecular weight excluding hydrogens is 1170 g/mol. The minimum Gasteiger partial charge on any atom is -0.339 e. The summed E-state index contributed by atoms with van der Waals surface area (Å²) in [5.41, 5.74) is 17.9. The number of nitrogens with zero attached hydrogens (tertiary/aromatic N) is 2. The smallest absolute Gasteiger partial charge is 0.0648 e. The Morgan fingerprint density at radius 2 is 0.907 bits per heavy atom. The van der Waals surface area contributed by atoms with Crippen LogP contribution in [0.1, 0.15) is 302 Å². The van der Waals surface area contributed by atoms with Gasteiger partial charge in [0, 0.05) is 66.9 Å². The van der Waals surface area contributed by atoms with Gasteiger partial charge in [-0.25, -0.2) is 0 Å². The normalized spacial score (nSPS) is 18.6. The lowest BCUT2D eigenvalue weighted by molar-refractivity contribution is 0.329. The van der Waals surface area contributed by atoms with Crippen LogP contribution in [-0.4, -0.2) is 10.6 Å². The highest BCUT2D eigenvalue weighted by Gasteiger charge is 2.45. The van der Waals surface area contributed by atoms with E-state index in [-0.39, 0.29) is 133 Å². The molecule has 0 fully saturated rings. The molecule has 0 radical (unpaired) electrons. The Balaban J connectivity index is 0.000000163. The molecule has 1 aromatic heterocycles. The number of benzene rings is 9. The first-order chi connectivity index (χ1) is 51.2. The minimum atomic E-state index is -0.815. The highest BCUT2D eigenvalue weighted by Crippen LogP contribution is 2.54. The van der Waals surface area contributed by atoms with Gasteiger partial charge in [-0.15, -0.1) is 0 Å². The zero-order valence-electron chi connectivity index (χ0n) is 79.3. The lowest BCUT2D eigenvalue weighted by Gasteiger charge is -2.45. The highest BCUT2D eigenvalue weighted by molar-refractivity contribution is 6.08. The van der Waals surface area contributed by atoms with Crippen LogP contribution in [0.4, 0.5) is 11.4 Å². The van der Waals surface area contributed by atoms with Gasteiger partial charge in [0.2, 0.25) is 0 Å². The molecule has 0 N–H and O–H groups in total. The van der Waals surface area contributed by atoms with Gasteiger partial charge in [0.05, 0.1) is 20.6 Å². The molecule has 0 amide bonds. The van der Waals surface area contributed by atoms with Crippen molar-refractivity contribution in [2.75, 3.05) is 4.90 Å². The van der Waals surface area contributed by atoms with Crippen LogP contribution < -0.4 is 4.90 Å². The summed E-state index contributed by atoms with van der Waals surface area (Å²) < 4.78 is 128. The summed E-state index contributed by atoms with van der Waals surface area (Å²) in [6, 6.07) is 37.5. The Kier molecular flexibility index (Phi) is 15.4. The van der Waals surface area contributed by atoms with Gasteiger partial charge in [-0.2, -0.15) is 0 Å². The van der Waals surface area contributed by atoms with Crippen LogP contribution in [0.15, 0.2) is 194 Å². The number of hydrogen-bond donors (Lipinski definition) is 0. The van der Waals surface area contributed by atoms with E-state index < -0.39 is 16.2 Å². The summed E-state index contributed by atoms with van der Waals surface area (Å²) in [7, 11) is 0. The quantitative estimate of drug-likeness (QED) is 0.170. The van der Waals surface area contributed by atoms with Gasteiger partial charge in [-0.05, 0) is 214 Å². The van der Waals surface area contributed by atoms with Crippen molar-refractivity contribution in [2.45, 2.75) is 268 Å². The molecule has 0 saturated heterocycles. The molecule has 1 heterocycles. The summed E-state index contributed by atoms with van der Waals surface area (Å²) in [6.45, 7) is 59.2. The second-order valence-electron chi connectivity index (χ2n) is 34.6. The van der Waals surface area contributed by atoms with Crippen molar-refractivity contribution in [2.24, 2.45) is 0 Å². The first-order valence-corrected chi connectivity index (χ1v) is 35.3. The van der Waals surface area contributed by atoms with Crippen molar-refractivity contribution < 1.29 is 20.6 Å². The molecule has 512 valence electrons. The zero-order chi connectivity index (χ0) is 84.6. The molecule has 9 aromatic carbocycles. The van der Waals surface area contributed by atoms with Gasteiger partial charge in [-0.3, -0.25) is 0 Å². The van der Waals surface area contributed by atoms with E-state index in [1.807, 2.05) is 81.4 Å². The van der Waals surface area contributed by atoms with E-state index in [1.165, 1.54) is 50.3 Å². The molecule has 97 heavy (non-hydrogen) atoms. The van der Waals surface area contributed by atoms with E-state index in [1.54, 1.807) is 11.5 Å². The molecule has 0 saturated carbocycles. The van der Waals surface area contributed by atoms with E-state index in [9.17, 15) is 0 Å². The van der Waals surface area contributed by atoms with Gasteiger partial charge in [0.1, 0.15) is 0 Å². The third-order valence-corrected chi connectivity index (χ3v) is 20.8. The fourth-order valence-corrected chi connectivity index (χ4v) is 15.3. The highest BCUT2D eigenvalue weighted by atomic mass is 15.2. The Bertz CT molecular complexity index is 5200. The third kappa shape index (κ3) is 14.6. The molecule has 10 aromatic rings. The third-order valence-electron chi connectivity index (χ3n) is 20.8. The predicted octanol–water partition coefficient (Wildman–Crippen LogP) is 26.8. The van der Waals surface area contributed by atoms with Crippen molar-refractivity contribution in [3.63, 3.8) is 0 Å². The first kappa shape index (κ1) is 55.5. The average Bonchev–Trinajstić information content (AvgIpc) is 0.883. The fourth-order valence-electron chi connectivity index (χ4n) is 15.3. The largest absolute Gasteiger partial charge is 0.339 e. The Hall–Kier alpha value is -7.42. The summed E-state index contributed by atoms with van der Waals surface area (Å²) in [5.74, 6) is 0. The van der Waals surface area contributed by atoms with Crippen LogP contribution in [0.2, 0.25) is 0 Å². The summed E-state index contributed by atoms with van der Waals surface area (Å²) >= 11 is 0. The monoisotopic (exact) mass is 1310 g/mol. The van der Waals surface area contributed by atoms with Crippen LogP contribution >= 0.6 is 0 Å². The lowest BCUT2D eigenvalue weighted by atomic mass is 9.58. The van der Waals surface area contributed by atoms with Crippen LogP contribution in [0.5, 0.6) is 0 Å². The average molecular weight is 1310 g/mol. The van der Waals surface area contributed by atoms with E-state index in [0.717, 1.165) is 29.5 Å². The molecule has 0 unspecified atom stereocenters. The van der Waals surface area contributed by atoms with E-state index in [0.29, 0.717) is 57.0 Å². The minimum absolute atomic E-state index is 0.00108. The van der Waals surface area contributed by atoms with Crippen LogP contribution in [0.3, 0.4) is 0 Å². The number of aromatic nitrogens is 1. The topological polar surface area (TPSA) is 8.17 Å². The maximum atomic E-state index is 9.08. The van der Waals surface area contributed by atoms with Crippen molar-refractivity contribution in [3.05, 3.63) is 283 Å². The predicted molar refractivity (Wildman–Crippen MR) is 426 cm³/mol. The SMILES string of the molecule is CC(C)(C)c1ccc2c(c1)C(C)(C)c1ccccc1C2(C)C.CC(C)N(c1ccccc1)c1ccccc1.[2H]c1c([2H])c(C)c2c(c1[2H])C(C)(C)c1c([2H])c([2H])c(C(C)(C)C)c([2H])c1C2(C)C.[2H]c1c([2H])c([2H])c2c(c1[2H])c1c([2H])c([2H])c(C)c([2H])c1n2C(C)C.[2H]c1c([2H])c2c(c(C)c1C(C)(C)C)C(C)(C)CCC2(C)C. The number of anilines is 2. The van der Waals surface area contributed by atoms with Crippen molar-refractivity contribution in [1.29, 1.82) is 0 Å². The summed E-state index contributed by atoms with van der Waals surface area (Å²) in [4.78, 5) is 2.33. The summed E-state index contributed by atoms with van der Waals surface area (Å²) in [5, 5.41) is 0.475. The lowest BCUT2D eigenvalue weighted by Crippen LogP contribution is -2.37. The zero-order valence-corrected chi connectivity index (χ0v) is 64.3. The standard InChI is InChI=1S/C23H30.C22H28.C19H30.C16H17N.C15H17N/c1-15-10-9-11-18-20(15)23(7,8)19-14-16(21(2,3)4)12-13-17(19)22(18,5)6;1-20(2,3)15-12-13-18-19(14-15)22(6,7)17-11-9-8-10-16(17)21(18,4)5;1-13-14(17(2,3)4)9-10-15-16(13)19(7,8)12-11-18(15,5)6;1-11(2)17-15-7-5-4-6-13(15)14-9-8-12(3)10-16(14)17;1-13(2)16(14-9-5-3-6-10-14)15-11-7-4-8-12-15/h9-14H,1-8H3;8-14H,1-7H3;9-10H,11-12H2,1-8H3;4-11H,1-3H3;3-13H,1-2H3/i9D,10D,11D,12D,13D,14D;;9D,10D;4D,5D,6D,7D,8D,9D,10D;. The van der Waals surface area contributed by atoms with Crippen molar-refractivity contribution >= 4 is 33.2 Å². The van der Waals surface area contributed by atoms with Gasteiger partial charge in [-0.1, -0.05) is 303 Å². The van der Waals surface area contributed by atoms with Gasteiger partial charge < -0.3 is 9.47 Å². The van der Waals surface area contributed by atoms with Gasteiger partial charge in [0.15, 0.2) is 0 Å². The Labute approximate surface area is 610 Å². The molecule has 0 spiro atoms.